The normalized spacial score (nSPS) is 10.7. The Hall–Kier alpha value is -3.11. The molecule has 1 heterocycles. The van der Waals surface area contributed by atoms with E-state index in [0.29, 0.717) is 11.5 Å². The predicted octanol–water partition coefficient (Wildman–Crippen LogP) is 6.04. The van der Waals surface area contributed by atoms with Crippen LogP contribution in [0.3, 0.4) is 0 Å². The topological polar surface area (TPSA) is 38.3 Å². The van der Waals surface area contributed by atoms with Crippen LogP contribution in [0.4, 0.5) is 5.69 Å². The molecule has 0 aliphatic heterocycles. The number of benzene rings is 3. The second kappa shape index (κ2) is 7.64. The van der Waals surface area contributed by atoms with Crippen molar-refractivity contribution in [2.75, 3.05) is 5.32 Å². The maximum atomic E-state index is 12.4. The molecule has 1 aromatic heterocycles. The van der Waals surface area contributed by atoms with Gasteiger partial charge in [0.05, 0.1) is 4.88 Å². The molecule has 0 bridgehead atoms. The zero-order chi connectivity index (χ0) is 18.6. The first kappa shape index (κ1) is 17.3. The van der Waals surface area contributed by atoms with Crippen molar-refractivity contribution < 1.29 is 9.53 Å². The van der Waals surface area contributed by atoms with Gasteiger partial charge in [0.1, 0.15) is 12.4 Å². The third kappa shape index (κ3) is 4.18. The number of nitrogens with one attached hydrogen (secondary N) is 1. The largest absolute Gasteiger partial charge is 0.489 e. The third-order valence-electron chi connectivity index (χ3n) is 4.31. The van der Waals surface area contributed by atoms with Crippen LogP contribution >= 0.6 is 11.3 Å². The highest BCUT2D eigenvalue weighted by Crippen LogP contribution is 2.23. The summed E-state index contributed by atoms with van der Waals surface area (Å²) in [5.74, 6) is 0.728. The molecule has 1 amide bonds. The quantitative estimate of drug-likeness (QED) is 0.463. The minimum atomic E-state index is -0.0965. The maximum absolute atomic E-state index is 12.4. The molecule has 3 aromatic carbocycles. The minimum Gasteiger partial charge on any atom is -0.489 e. The molecule has 0 saturated carbocycles. The summed E-state index contributed by atoms with van der Waals surface area (Å²) in [6.45, 7) is 2.46. The van der Waals surface area contributed by atoms with Crippen molar-refractivity contribution in [2.45, 2.75) is 13.5 Å². The van der Waals surface area contributed by atoms with Crippen molar-refractivity contribution in [3.8, 4) is 5.75 Å². The second-order valence-corrected chi connectivity index (χ2v) is 7.35. The van der Waals surface area contributed by atoms with Crippen molar-refractivity contribution in [3.05, 3.63) is 94.2 Å². The first-order valence-electron chi connectivity index (χ1n) is 8.74. The summed E-state index contributed by atoms with van der Waals surface area (Å²) in [5, 5.41) is 7.23. The molecule has 0 saturated heterocycles. The van der Waals surface area contributed by atoms with E-state index < -0.39 is 0 Å². The lowest BCUT2D eigenvalue weighted by atomic mass is 10.1. The van der Waals surface area contributed by atoms with E-state index in [9.17, 15) is 4.79 Å². The molecule has 4 heteroatoms. The smallest absolute Gasteiger partial charge is 0.265 e. The number of ether oxygens (including phenoxy) is 1. The highest BCUT2D eigenvalue weighted by atomic mass is 32.1. The average Bonchev–Trinajstić information content (AvgIpc) is 3.17. The maximum Gasteiger partial charge on any atom is 0.265 e. The molecule has 0 fully saturated rings. The molecular weight excluding hydrogens is 354 g/mol. The van der Waals surface area contributed by atoms with E-state index in [1.807, 2.05) is 66.9 Å². The lowest BCUT2D eigenvalue weighted by Crippen LogP contribution is -2.10. The summed E-state index contributed by atoms with van der Waals surface area (Å²) in [4.78, 5) is 13.1. The number of hydrogen-bond acceptors (Lipinski definition) is 3. The van der Waals surface area contributed by atoms with E-state index in [1.54, 1.807) is 0 Å². The monoisotopic (exact) mass is 373 g/mol. The number of rotatable bonds is 5. The summed E-state index contributed by atoms with van der Waals surface area (Å²) >= 11 is 1.43. The molecule has 0 unspecified atom stereocenters. The van der Waals surface area contributed by atoms with E-state index in [2.05, 4.69) is 23.5 Å². The van der Waals surface area contributed by atoms with Gasteiger partial charge in [-0.05, 0) is 53.4 Å². The van der Waals surface area contributed by atoms with Gasteiger partial charge in [-0.3, -0.25) is 4.79 Å². The van der Waals surface area contributed by atoms with Gasteiger partial charge in [-0.1, -0.05) is 48.0 Å². The number of thiophene rings is 1. The number of carbonyl (C=O) groups is 1. The van der Waals surface area contributed by atoms with Gasteiger partial charge in [-0.25, -0.2) is 0 Å². The molecule has 0 aliphatic rings. The Morgan fingerprint density at radius 1 is 0.963 bits per heavy atom. The lowest BCUT2D eigenvalue weighted by Gasteiger charge is -2.06. The van der Waals surface area contributed by atoms with Crippen LogP contribution in [0.25, 0.3) is 10.8 Å². The van der Waals surface area contributed by atoms with Crippen LogP contribution in [-0.2, 0) is 6.61 Å². The first-order chi connectivity index (χ1) is 13.2. The first-order valence-corrected chi connectivity index (χ1v) is 9.62. The van der Waals surface area contributed by atoms with Crippen LogP contribution in [0.5, 0.6) is 5.75 Å². The van der Waals surface area contributed by atoms with Gasteiger partial charge in [-0.2, -0.15) is 0 Å². The molecule has 0 spiro atoms. The Balaban J connectivity index is 1.39. The molecule has 3 nitrogen and oxygen atoms in total. The van der Waals surface area contributed by atoms with Crippen molar-refractivity contribution in [1.29, 1.82) is 0 Å². The third-order valence-corrected chi connectivity index (χ3v) is 5.29. The average molecular weight is 373 g/mol. The Morgan fingerprint density at radius 3 is 2.56 bits per heavy atom. The van der Waals surface area contributed by atoms with Crippen molar-refractivity contribution in [2.24, 2.45) is 0 Å². The zero-order valence-corrected chi connectivity index (χ0v) is 15.8. The summed E-state index contributed by atoms with van der Waals surface area (Å²) < 4.78 is 5.90. The van der Waals surface area contributed by atoms with E-state index in [1.165, 1.54) is 16.7 Å². The molecule has 0 atom stereocenters. The van der Waals surface area contributed by atoms with E-state index >= 15 is 0 Å². The van der Waals surface area contributed by atoms with Crippen LogP contribution in [-0.4, -0.2) is 5.91 Å². The minimum absolute atomic E-state index is 0.0965. The highest BCUT2D eigenvalue weighted by molar-refractivity contribution is 7.12. The van der Waals surface area contributed by atoms with Crippen LogP contribution in [0.2, 0.25) is 0 Å². The molecule has 134 valence electrons. The number of fused-ring (bicyclic) bond motifs is 1. The molecular formula is C23H19NO2S. The van der Waals surface area contributed by atoms with E-state index in [-0.39, 0.29) is 5.91 Å². The van der Waals surface area contributed by atoms with Gasteiger partial charge < -0.3 is 10.1 Å². The van der Waals surface area contributed by atoms with Gasteiger partial charge in [0.25, 0.3) is 5.91 Å². The van der Waals surface area contributed by atoms with Crippen LogP contribution in [0.1, 0.15) is 20.8 Å². The molecule has 27 heavy (non-hydrogen) atoms. The fourth-order valence-corrected chi connectivity index (χ4v) is 3.62. The summed E-state index contributed by atoms with van der Waals surface area (Å²) in [7, 11) is 0. The molecule has 4 aromatic rings. The zero-order valence-electron chi connectivity index (χ0n) is 14.9. The molecule has 0 radical (unpaired) electrons. The van der Waals surface area contributed by atoms with Crippen LogP contribution in [0.15, 0.2) is 78.2 Å². The summed E-state index contributed by atoms with van der Waals surface area (Å²) in [6, 6.07) is 23.9. The predicted molar refractivity (Wildman–Crippen MR) is 112 cm³/mol. The highest BCUT2D eigenvalue weighted by Gasteiger charge is 2.10. The Labute approximate surface area is 162 Å². The summed E-state index contributed by atoms with van der Waals surface area (Å²) in [6.07, 6.45) is 0. The Morgan fingerprint density at radius 2 is 1.74 bits per heavy atom. The van der Waals surface area contributed by atoms with Crippen LogP contribution < -0.4 is 10.1 Å². The summed E-state index contributed by atoms with van der Waals surface area (Å²) in [5.41, 5.74) is 2.95. The van der Waals surface area contributed by atoms with Crippen molar-refractivity contribution in [3.63, 3.8) is 0 Å². The SMILES string of the molecule is Cc1ccc(NC(=O)c2cc(COc3ccc4ccccc4c3)cs2)cc1. The van der Waals surface area contributed by atoms with Gasteiger partial charge in [0, 0.05) is 11.3 Å². The lowest BCUT2D eigenvalue weighted by molar-refractivity contribution is 0.103. The fraction of sp³-hybridized carbons (Fsp3) is 0.0870. The van der Waals surface area contributed by atoms with Crippen molar-refractivity contribution >= 4 is 33.7 Å². The van der Waals surface area contributed by atoms with Crippen LogP contribution in [0, 0.1) is 6.92 Å². The fourth-order valence-electron chi connectivity index (χ4n) is 2.82. The Kier molecular flexibility index (Phi) is 4.90. The van der Waals surface area contributed by atoms with E-state index in [4.69, 9.17) is 4.74 Å². The second-order valence-electron chi connectivity index (χ2n) is 6.44. The molecule has 4 rings (SSSR count). The number of amides is 1. The number of anilines is 1. The van der Waals surface area contributed by atoms with E-state index in [0.717, 1.165) is 28.0 Å². The molecule has 0 aliphatic carbocycles. The number of aryl methyl sites for hydroxylation is 1. The number of carbonyl (C=O) groups excluding carboxylic acids is 1. The Bertz CT molecular complexity index is 1080. The van der Waals surface area contributed by atoms with Gasteiger partial charge >= 0.3 is 0 Å². The molecule has 1 N–H and O–H groups in total. The van der Waals surface area contributed by atoms with Crippen molar-refractivity contribution in [1.82, 2.24) is 0 Å². The standard InChI is InChI=1S/C23H19NO2S/c1-16-6-9-20(10-7-16)24-23(25)22-12-17(15-27-22)14-26-21-11-8-18-4-2-3-5-19(18)13-21/h2-13,15H,14H2,1H3,(H,24,25). The van der Waals surface area contributed by atoms with Gasteiger partial charge in [0.15, 0.2) is 0 Å². The van der Waals surface area contributed by atoms with Gasteiger partial charge in [0.2, 0.25) is 0 Å². The van der Waals surface area contributed by atoms with Gasteiger partial charge in [-0.15, -0.1) is 11.3 Å². The number of hydrogen-bond donors (Lipinski definition) is 1.